The van der Waals surface area contributed by atoms with Crippen molar-refractivity contribution in [3.05, 3.63) is 11.8 Å². The molecule has 0 aliphatic carbocycles. The van der Waals surface area contributed by atoms with Gasteiger partial charge in [0.25, 0.3) is 0 Å². The molecular weight excluding hydrogens is 181 g/mol. The van der Waals surface area contributed by atoms with Gasteiger partial charge in [0.1, 0.15) is 0 Å². The molecule has 0 aromatic rings. The minimum atomic E-state index is 0. The van der Waals surface area contributed by atoms with E-state index in [9.17, 15) is 0 Å². The monoisotopic (exact) mass is 187 g/mol. The SMILES string of the molecule is CC1=C[C-]=[O+]CO1.[Y+3]. The Morgan fingerprint density at radius 1 is 1.88 bits per heavy atom. The van der Waals surface area contributed by atoms with Gasteiger partial charge >= 0.3 is 39.5 Å². The Morgan fingerprint density at radius 2 is 2.62 bits per heavy atom. The Hall–Kier alpha value is 0.314. The molecule has 0 fully saturated rings. The molecular formula is C5H6O2Y+3. The fourth-order valence-electron chi connectivity index (χ4n) is 0.323. The van der Waals surface area contributed by atoms with E-state index in [0.29, 0.717) is 6.79 Å². The van der Waals surface area contributed by atoms with Crippen molar-refractivity contribution in [1.82, 2.24) is 0 Å². The van der Waals surface area contributed by atoms with Crippen LogP contribution in [0.3, 0.4) is 0 Å². The number of carbonyl (C=O) groups excluding carboxylic acids is 1. The largest absolute Gasteiger partial charge is 3.00 e. The number of hydrogen-bond acceptors (Lipinski definition) is 1. The molecule has 0 unspecified atom stereocenters. The molecule has 1 aliphatic heterocycles. The van der Waals surface area contributed by atoms with Crippen molar-refractivity contribution >= 4 is 6.29 Å². The maximum Gasteiger partial charge on any atom is 3.00 e. The third kappa shape index (κ3) is 2.58. The fourth-order valence-corrected chi connectivity index (χ4v) is 0.323. The average Bonchev–Trinajstić information content (AvgIpc) is 1.69. The van der Waals surface area contributed by atoms with Crippen LogP contribution in [-0.2, 0) is 41.9 Å². The minimum Gasteiger partial charge on any atom is -0.513 e. The van der Waals surface area contributed by atoms with Crippen LogP contribution in [0.1, 0.15) is 6.92 Å². The predicted octanol–water partition coefficient (Wildman–Crippen LogP) is 0.521. The van der Waals surface area contributed by atoms with Crippen LogP contribution in [0.15, 0.2) is 11.8 Å². The maximum absolute atomic E-state index is 4.85. The topological polar surface area (TPSA) is 20.5 Å². The number of rotatable bonds is 0. The van der Waals surface area contributed by atoms with Crippen molar-refractivity contribution in [2.45, 2.75) is 6.92 Å². The summed E-state index contributed by atoms with van der Waals surface area (Å²) >= 11 is 0. The molecule has 0 saturated heterocycles. The second-order valence-electron chi connectivity index (χ2n) is 1.28. The van der Waals surface area contributed by atoms with E-state index in [1.54, 1.807) is 6.08 Å². The van der Waals surface area contributed by atoms with E-state index >= 15 is 0 Å². The van der Waals surface area contributed by atoms with E-state index in [-0.39, 0.29) is 32.7 Å². The smallest absolute Gasteiger partial charge is 0.513 e. The van der Waals surface area contributed by atoms with Crippen molar-refractivity contribution < 1.29 is 41.9 Å². The van der Waals surface area contributed by atoms with Gasteiger partial charge in [-0.1, -0.05) is 13.0 Å². The van der Waals surface area contributed by atoms with Gasteiger partial charge in [-0.3, -0.25) is 0 Å². The average molecular weight is 187 g/mol. The van der Waals surface area contributed by atoms with E-state index in [2.05, 4.69) is 10.7 Å². The van der Waals surface area contributed by atoms with Gasteiger partial charge in [-0.15, -0.1) is 0 Å². The van der Waals surface area contributed by atoms with Gasteiger partial charge in [0.2, 0.25) is 6.29 Å². The first-order valence-corrected chi connectivity index (χ1v) is 2.06. The van der Waals surface area contributed by atoms with Gasteiger partial charge in [-0.25, -0.2) is 0 Å². The van der Waals surface area contributed by atoms with Crippen LogP contribution in [0.4, 0.5) is 0 Å². The Morgan fingerprint density at radius 3 is 2.88 bits per heavy atom. The van der Waals surface area contributed by atoms with Crippen LogP contribution < -0.4 is 0 Å². The Labute approximate surface area is 73.5 Å². The van der Waals surface area contributed by atoms with Gasteiger partial charge < -0.3 is 9.16 Å². The van der Waals surface area contributed by atoms with Crippen LogP contribution in [0.25, 0.3) is 0 Å². The molecule has 0 spiro atoms. The summed E-state index contributed by atoms with van der Waals surface area (Å²) in [5.41, 5.74) is 0. The number of allylic oxidation sites excluding steroid dienone is 2. The number of hydrogen-bond donors (Lipinski definition) is 0. The maximum atomic E-state index is 4.85. The van der Waals surface area contributed by atoms with Crippen LogP contribution in [-0.4, -0.2) is 13.1 Å². The van der Waals surface area contributed by atoms with Crippen LogP contribution in [0.5, 0.6) is 0 Å². The summed E-state index contributed by atoms with van der Waals surface area (Å²) < 4.78 is 9.45. The van der Waals surface area contributed by atoms with Crippen LogP contribution >= 0.6 is 0 Å². The molecule has 1 heterocycles. The summed E-state index contributed by atoms with van der Waals surface area (Å²) in [5, 5.41) is 0. The van der Waals surface area contributed by atoms with Crippen molar-refractivity contribution in [3.8, 4) is 0 Å². The molecule has 0 aromatic carbocycles. The van der Waals surface area contributed by atoms with Gasteiger partial charge in [0.15, 0.2) is 0 Å². The van der Waals surface area contributed by atoms with Gasteiger partial charge in [0, 0.05) is 0 Å². The first-order valence-electron chi connectivity index (χ1n) is 2.06. The minimum absolute atomic E-state index is 0. The first kappa shape index (κ1) is 8.31. The normalized spacial score (nSPS) is 15.9. The van der Waals surface area contributed by atoms with Gasteiger partial charge in [0.05, 0.1) is 0 Å². The molecule has 0 amide bonds. The van der Waals surface area contributed by atoms with E-state index in [0.717, 1.165) is 5.76 Å². The summed E-state index contributed by atoms with van der Waals surface area (Å²) in [4.78, 5) is 0. The molecule has 3 heteroatoms. The Bertz CT molecular complexity index is 118. The van der Waals surface area contributed by atoms with E-state index < -0.39 is 0 Å². The number of ether oxygens (including phenoxy) is 1. The first-order chi connectivity index (χ1) is 3.39. The third-order valence-electron chi connectivity index (χ3n) is 0.691. The summed E-state index contributed by atoms with van der Waals surface area (Å²) in [6, 6.07) is 0. The second kappa shape index (κ2) is 4.22. The standard InChI is InChI=1S/C5H6O2.Y/c1-5-2-3-6-4-7-5;/h2H,4H2,1H3;/q;+3. The van der Waals surface area contributed by atoms with Crippen molar-refractivity contribution in [2.24, 2.45) is 0 Å². The van der Waals surface area contributed by atoms with E-state index in [1.807, 2.05) is 6.92 Å². The molecule has 2 nitrogen and oxygen atoms in total. The Balaban J connectivity index is 0.000000490. The summed E-state index contributed by atoms with van der Waals surface area (Å²) in [6.45, 7) is 2.16. The van der Waals surface area contributed by atoms with Crippen molar-refractivity contribution in [1.29, 1.82) is 0 Å². The third-order valence-corrected chi connectivity index (χ3v) is 0.691. The molecule has 0 aromatic heterocycles. The predicted molar refractivity (Wildman–Crippen MR) is 25.4 cm³/mol. The van der Waals surface area contributed by atoms with Crippen molar-refractivity contribution in [3.63, 3.8) is 0 Å². The molecule has 0 radical (unpaired) electrons. The second-order valence-corrected chi connectivity index (χ2v) is 1.28. The zero-order valence-electron chi connectivity index (χ0n) is 4.68. The summed E-state index contributed by atoms with van der Waals surface area (Å²) in [6.07, 6.45) is 4.20. The zero-order chi connectivity index (χ0) is 5.11. The molecule has 0 atom stereocenters. The molecule has 8 heavy (non-hydrogen) atoms. The quantitative estimate of drug-likeness (QED) is 0.400. The summed E-state index contributed by atoms with van der Waals surface area (Å²) in [5.74, 6) is 0.853. The molecule has 1 aliphatic rings. The van der Waals surface area contributed by atoms with E-state index in [1.165, 1.54) is 0 Å². The van der Waals surface area contributed by atoms with Gasteiger partial charge in [-0.05, 0) is 5.76 Å². The molecule has 0 N–H and O–H groups in total. The molecule has 0 saturated carbocycles. The van der Waals surface area contributed by atoms with E-state index in [4.69, 9.17) is 4.74 Å². The Kier molecular flexibility index (Phi) is 4.38. The van der Waals surface area contributed by atoms with Gasteiger partial charge in [-0.2, -0.15) is 0 Å². The molecule has 0 bridgehead atoms. The van der Waals surface area contributed by atoms with Crippen LogP contribution in [0, 0.1) is 0 Å². The molecule has 38 valence electrons. The molecule has 1 rings (SSSR count). The fraction of sp³-hybridized carbons (Fsp3) is 0.400. The zero-order valence-corrected chi connectivity index (χ0v) is 7.52. The summed E-state index contributed by atoms with van der Waals surface area (Å²) in [7, 11) is 0. The van der Waals surface area contributed by atoms with Crippen LogP contribution in [0.2, 0.25) is 0 Å². The van der Waals surface area contributed by atoms with Crippen molar-refractivity contribution in [2.75, 3.05) is 6.79 Å².